The molecule has 7 nitrogen and oxygen atoms in total. The molecule has 3 rings (SSSR count). The first-order valence-corrected chi connectivity index (χ1v) is 10.1. The van der Waals surface area contributed by atoms with Crippen molar-refractivity contribution < 1.29 is 44.7 Å². The summed E-state index contributed by atoms with van der Waals surface area (Å²) in [4.78, 5) is 0. The first-order valence-electron chi connectivity index (χ1n) is 8.70. The molecular formula is C16H23F3O7S. The fourth-order valence-corrected chi connectivity index (χ4v) is 4.37. The Hall–Kier alpha value is -0.880. The van der Waals surface area contributed by atoms with Crippen molar-refractivity contribution in [3.05, 3.63) is 11.8 Å². The monoisotopic (exact) mass is 416 g/mol. The molecule has 0 amide bonds. The first kappa shape index (κ1) is 20.8. The molecule has 156 valence electrons. The van der Waals surface area contributed by atoms with E-state index in [1.807, 2.05) is 0 Å². The van der Waals surface area contributed by atoms with E-state index in [1.165, 1.54) is 6.08 Å². The summed E-state index contributed by atoms with van der Waals surface area (Å²) in [7, 11) is -5.81. The van der Waals surface area contributed by atoms with E-state index in [-0.39, 0.29) is 31.8 Å². The normalized spacial score (nSPS) is 30.5. The van der Waals surface area contributed by atoms with Crippen LogP contribution in [-0.2, 0) is 33.2 Å². The van der Waals surface area contributed by atoms with Crippen LogP contribution in [0, 0.1) is 5.41 Å². The molecule has 1 aliphatic carbocycles. The molecule has 0 aromatic carbocycles. The van der Waals surface area contributed by atoms with Gasteiger partial charge in [0.15, 0.2) is 11.6 Å². The molecule has 0 N–H and O–H groups in total. The molecule has 0 saturated carbocycles. The van der Waals surface area contributed by atoms with Gasteiger partial charge >= 0.3 is 15.6 Å². The highest BCUT2D eigenvalue weighted by Crippen LogP contribution is 2.54. The summed E-state index contributed by atoms with van der Waals surface area (Å²) in [6.07, 6.45) is 2.48. The van der Waals surface area contributed by atoms with Crippen LogP contribution in [0.3, 0.4) is 0 Å². The zero-order chi connectivity index (χ0) is 20.0. The first-order chi connectivity index (χ1) is 12.4. The average molecular weight is 416 g/mol. The minimum atomic E-state index is -5.81. The van der Waals surface area contributed by atoms with Crippen molar-refractivity contribution >= 4 is 10.1 Å². The lowest BCUT2D eigenvalue weighted by Gasteiger charge is -2.48. The van der Waals surface area contributed by atoms with Gasteiger partial charge in [-0.15, -0.1) is 0 Å². The lowest BCUT2D eigenvalue weighted by Crippen LogP contribution is -2.52. The molecule has 2 fully saturated rings. The molecule has 2 saturated heterocycles. The third kappa shape index (κ3) is 3.71. The summed E-state index contributed by atoms with van der Waals surface area (Å²) in [5.41, 5.74) is -6.79. The van der Waals surface area contributed by atoms with Gasteiger partial charge in [0.2, 0.25) is 0 Å². The minimum Gasteiger partial charge on any atom is -0.380 e. The zero-order valence-electron chi connectivity index (χ0n) is 15.1. The highest BCUT2D eigenvalue weighted by atomic mass is 32.2. The van der Waals surface area contributed by atoms with Gasteiger partial charge in [0.05, 0.1) is 31.8 Å². The van der Waals surface area contributed by atoms with Crippen molar-refractivity contribution in [1.29, 1.82) is 0 Å². The average Bonchev–Trinajstić information content (AvgIpc) is 3.20. The van der Waals surface area contributed by atoms with Gasteiger partial charge in [-0.25, -0.2) is 0 Å². The second-order valence-electron chi connectivity index (χ2n) is 7.20. The molecule has 1 unspecified atom stereocenters. The van der Waals surface area contributed by atoms with Crippen LogP contribution >= 0.6 is 0 Å². The number of hydrogen-bond acceptors (Lipinski definition) is 7. The van der Waals surface area contributed by atoms with Crippen LogP contribution in [0.2, 0.25) is 0 Å². The number of ether oxygens (including phenoxy) is 4. The molecular weight excluding hydrogens is 393 g/mol. The van der Waals surface area contributed by atoms with Crippen molar-refractivity contribution in [2.45, 2.75) is 56.6 Å². The van der Waals surface area contributed by atoms with Gasteiger partial charge in [-0.3, -0.25) is 0 Å². The van der Waals surface area contributed by atoms with E-state index in [0.29, 0.717) is 26.1 Å². The van der Waals surface area contributed by atoms with Gasteiger partial charge in [0.25, 0.3) is 0 Å². The molecule has 2 aliphatic heterocycles. The summed E-state index contributed by atoms with van der Waals surface area (Å²) >= 11 is 0. The van der Waals surface area contributed by atoms with Gasteiger partial charge in [-0.1, -0.05) is 0 Å². The SMILES string of the molecule is CC1(CCC2(C)C(OS(=O)(=O)C(F)(F)F)=CCCC23OCCO3)OCCO1. The molecule has 1 atom stereocenters. The van der Waals surface area contributed by atoms with Crippen LogP contribution in [-0.4, -0.2) is 51.9 Å². The van der Waals surface area contributed by atoms with E-state index in [1.54, 1.807) is 13.8 Å². The van der Waals surface area contributed by atoms with E-state index >= 15 is 0 Å². The maximum Gasteiger partial charge on any atom is 0.534 e. The Labute approximate surface area is 155 Å². The number of halogens is 3. The van der Waals surface area contributed by atoms with Crippen molar-refractivity contribution in [2.24, 2.45) is 5.41 Å². The molecule has 11 heteroatoms. The number of alkyl halides is 3. The predicted octanol–water partition coefficient (Wildman–Crippen LogP) is 2.82. The van der Waals surface area contributed by atoms with Crippen LogP contribution in [0.25, 0.3) is 0 Å². The van der Waals surface area contributed by atoms with E-state index in [9.17, 15) is 21.6 Å². The van der Waals surface area contributed by atoms with Crippen LogP contribution < -0.4 is 0 Å². The van der Waals surface area contributed by atoms with E-state index in [2.05, 4.69) is 4.18 Å². The quantitative estimate of drug-likeness (QED) is 0.504. The van der Waals surface area contributed by atoms with E-state index in [0.717, 1.165) is 0 Å². The van der Waals surface area contributed by atoms with Gasteiger partial charge in [-0.05, 0) is 32.8 Å². The van der Waals surface area contributed by atoms with Crippen LogP contribution in [0.15, 0.2) is 11.8 Å². The van der Waals surface area contributed by atoms with Gasteiger partial charge in [0, 0.05) is 12.8 Å². The van der Waals surface area contributed by atoms with Crippen molar-refractivity contribution in [3.63, 3.8) is 0 Å². The Bertz CT molecular complexity index is 691. The van der Waals surface area contributed by atoms with Crippen molar-refractivity contribution in [1.82, 2.24) is 0 Å². The van der Waals surface area contributed by atoms with Crippen LogP contribution in [0.5, 0.6) is 0 Å². The second-order valence-corrected chi connectivity index (χ2v) is 8.74. The largest absolute Gasteiger partial charge is 0.534 e. The molecule has 27 heavy (non-hydrogen) atoms. The number of allylic oxidation sites excluding steroid dienone is 1. The summed E-state index contributed by atoms with van der Waals surface area (Å²) in [6, 6.07) is 0. The molecule has 2 heterocycles. The van der Waals surface area contributed by atoms with Crippen LogP contribution in [0.4, 0.5) is 13.2 Å². The second kappa shape index (κ2) is 6.87. The Balaban J connectivity index is 1.91. The van der Waals surface area contributed by atoms with E-state index < -0.39 is 32.6 Å². The summed E-state index contributed by atoms with van der Waals surface area (Å²) in [5.74, 6) is -2.49. The topological polar surface area (TPSA) is 80.3 Å². The Morgan fingerprint density at radius 2 is 1.59 bits per heavy atom. The van der Waals surface area contributed by atoms with E-state index in [4.69, 9.17) is 18.9 Å². The lowest BCUT2D eigenvalue weighted by molar-refractivity contribution is -0.244. The third-order valence-electron chi connectivity index (χ3n) is 5.40. The Morgan fingerprint density at radius 1 is 1.04 bits per heavy atom. The smallest absolute Gasteiger partial charge is 0.380 e. The Morgan fingerprint density at radius 3 is 2.15 bits per heavy atom. The van der Waals surface area contributed by atoms with Crippen molar-refractivity contribution in [3.8, 4) is 0 Å². The molecule has 0 aromatic heterocycles. The highest BCUT2D eigenvalue weighted by molar-refractivity contribution is 7.87. The summed E-state index contributed by atoms with van der Waals surface area (Å²) in [6.45, 7) is 4.66. The molecule has 0 bridgehead atoms. The maximum atomic E-state index is 12.9. The number of hydrogen-bond donors (Lipinski definition) is 0. The van der Waals surface area contributed by atoms with Crippen LogP contribution in [0.1, 0.15) is 39.5 Å². The molecule has 0 radical (unpaired) electrons. The Kier molecular flexibility index (Phi) is 5.30. The maximum absolute atomic E-state index is 12.9. The van der Waals surface area contributed by atoms with Gasteiger partial charge < -0.3 is 23.1 Å². The molecule has 0 aromatic rings. The predicted molar refractivity (Wildman–Crippen MR) is 85.7 cm³/mol. The number of rotatable bonds is 5. The minimum absolute atomic E-state index is 0.183. The standard InChI is InChI=1S/C16H23F3O7S/c1-13(6-7-14(2)22-8-9-23-14)12(26-27(20,21)16(17,18)19)4-3-5-15(13)24-10-11-25-15/h4H,3,5-11H2,1-2H3. The summed E-state index contributed by atoms with van der Waals surface area (Å²) < 4.78 is 89.0. The van der Waals surface area contributed by atoms with Gasteiger partial charge in [0.1, 0.15) is 5.76 Å². The fraction of sp³-hybridized carbons (Fsp3) is 0.875. The van der Waals surface area contributed by atoms with Crippen molar-refractivity contribution in [2.75, 3.05) is 26.4 Å². The summed E-state index contributed by atoms with van der Waals surface area (Å²) in [5, 5.41) is 0. The highest BCUT2D eigenvalue weighted by Gasteiger charge is 2.60. The molecule has 3 aliphatic rings. The van der Waals surface area contributed by atoms with Gasteiger partial charge in [-0.2, -0.15) is 21.6 Å². The molecule has 1 spiro atoms. The fourth-order valence-electron chi connectivity index (χ4n) is 3.78. The zero-order valence-corrected chi connectivity index (χ0v) is 16.0. The lowest BCUT2D eigenvalue weighted by atomic mass is 9.69. The third-order valence-corrected chi connectivity index (χ3v) is 6.37.